The molecule has 0 aliphatic rings. The van der Waals surface area contributed by atoms with E-state index in [9.17, 15) is 4.79 Å². The first-order chi connectivity index (χ1) is 7.69. The molecular weight excluding hydrogens is 208 g/mol. The van der Waals surface area contributed by atoms with Gasteiger partial charge in [-0.05, 0) is 12.5 Å². The Kier molecular flexibility index (Phi) is 4.44. The van der Waals surface area contributed by atoms with Gasteiger partial charge < -0.3 is 9.94 Å². The largest absolute Gasteiger partial charge is 0.469 e. The van der Waals surface area contributed by atoms with Gasteiger partial charge in [0.15, 0.2) is 6.20 Å². The van der Waals surface area contributed by atoms with Crippen molar-refractivity contribution < 1.29 is 19.3 Å². The standard InChI is InChI=1S/C11H14N2O3/c1-13-7-3-4-9(10(13)8-12-15)5-6-11(14)16-2/h3-4,7-8H,5-6H2,1-2H3/p+1. The van der Waals surface area contributed by atoms with Crippen molar-refractivity contribution in [3.8, 4) is 0 Å². The van der Waals surface area contributed by atoms with E-state index in [1.165, 1.54) is 13.3 Å². The highest BCUT2D eigenvalue weighted by Crippen LogP contribution is 2.05. The van der Waals surface area contributed by atoms with Gasteiger partial charge in [0, 0.05) is 18.1 Å². The average Bonchev–Trinajstić information content (AvgIpc) is 2.29. The van der Waals surface area contributed by atoms with Crippen molar-refractivity contribution in [3.63, 3.8) is 0 Å². The minimum Gasteiger partial charge on any atom is -0.469 e. The summed E-state index contributed by atoms with van der Waals surface area (Å²) in [6.07, 6.45) is 4.07. The number of aryl methyl sites for hydroxylation is 2. The van der Waals surface area contributed by atoms with E-state index in [-0.39, 0.29) is 5.97 Å². The summed E-state index contributed by atoms with van der Waals surface area (Å²) in [7, 11) is 3.21. The summed E-state index contributed by atoms with van der Waals surface area (Å²) in [5.41, 5.74) is 1.71. The van der Waals surface area contributed by atoms with Crippen molar-refractivity contribution in [2.45, 2.75) is 12.8 Å². The third kappa shape index (κ3) is 3.05. The Morgan fingerprint density at radius 3 is 3.06 bits per heavy atom. The molecule has 0 spiro atoms. The highest BCUT2D eigenvalue weighted by molar-refractivity contribution is 5.77. The van der Waals surface area contributed by atoms with Crippen LogP contribution in [0.4, 0.5) is 0 Å². The maximum atomic E-state index is 11.0. The van der Waals surface area contributed by atoms with Gasteiger partial charge in [0.2, 0.25) is 5.69 Å². The predicted molar refractivity (Wildman–Crippen MR) is 57.3 cm³/mol. The number of hydrogen-bond acceptors (Lipinski definition) is 4. The lowest BCUT2D eigenvalue weighted by Crippen LogP contribution is -2.34. The molecule has 0 bridgehead atoms. The monoisotopic (exact) mass is 223 g/mol. The molecule has 0 fully saturated rings. The molecule has 0 saturated heterocycles. The van der Waals surface area contributed by atoms with Crippen molar-refractivity contribution >= 4 is 12.2 Å². The molecule has 0 radical (unpaired) electrons. The van der Waals surface area contributed by atoms with E-state index in [1.54, 1.807) is 0 Å². The van der Waals surface area contributed by atoms with Gasteiger partial charge in [-0.2, -0.15) is 4.57 Å². The highest BCUT2D eigenvalue weighted by atomic mass is 16.5. The van der Waals surface area contributed by atoms with E-state index in [0.717, 1.165) is 11.3 Å². The summed E-state index contributed by atoms with van der Waals surface area (Å²) in [6.45, 7) is 0. The second-order valence-electron chi connectivity index (χ2n) is 3.35. The molecule has 0 amide bonds. The van der Waals surface area contributed by atoms with Crippen molar-refractivity contribution in [2.24, 2.45) is 12.2 Å². The van der Waals surface area contributed by atoms with E-state index in [4.69, 9.17) is 5.21 Å². The fourth-order valence-corrected chi connectivity index (χ4v) is 1.46. The zero-order chi connectivity index (χ0) is 12.0. The number of hydrogen-bond donors (Lipinski definition) is 1. The first-order valence-electron chi connectivity index (χ1n) is 4.90. The molecule has 5 nitrogen and oxygen atoms in total. The molecule has 1 aromatic heterocycles. The number of pyridine rings is 1. The minimum absolute atomic E-state index is 0.251. The van der Waals surface area contributed by atoms with Crippen LogP contribution in [0, 0.1) is 0 Å². The number of oxime groups is 1. The second-order valence-corrected chi connectivity index (χ2v) is 3.35. The van der Waals surface area contributed by atoms with E-state index in [1.807, 2.05) is 29.9 Å². The van der Waals surface area contributed by atoms with E-state index in [0.29, 0.717) is 12.8 Å². The fourth-order valence-electron chi connectivity index (χ4n) is 1.46. The van der Waals surface area contributed by atoms with Crippen molar-refractivity contribution in [1.29, 1.82) is 0 Å². The van der Waals surface area contributed by atoms with Crippen LogP contribution in [-0.2, 0) is 23.0 Å². The molecule has 0 aliphatic heterocycles. The molecule has 1 aromatic rings. The Bertz CT molecular complexity index is 402. The molecule has 0 saturated carbocycles. The second kappa shape index (κ2) is 5.85. The van der Waals surface area contributed by atoms with Crippen LogP contribution in [0.1, 0.15) is 17.7 Å². The summed E-state index contributed by atoms with van der Waals surface area (Å²) in [5, 5.41) is 11.6. The van der Waals surface area contributed by atoms with Gasteiger partial charge in [0.25, 0.3) is 0 Å². The summed E-state index contributed by atoms with van der Waals surface area (Å²) in [6, 6.07) is 3.77. The number of ether oxygens (including phenoxy) is 1. The van der Waals surface area contributed by atoms with Crippen LogP contribution in [0.2, 0.25) is 0 Å². The van der Waals surface area contributed by atoms with Crippen molar-refractivity contribution in [3.05, 3.63) is 29.6 Å². The van der Waals surface area contributed by atoms with Gasteiger partial charge >= 0.3 is 5.97 Å². The lowest BCUT2D eigenvalue weighted by atomic mass is 10.1. The van der Waals surface area contributed by atoms with E-state index in [2.05, 4.69) is 9.89 Å². The SMILES string of the molecule is COC(=O)CCc1ccc[n+](C)c1/C=N/O. The molecule has 0 aliphatic carbocycles. The number of methoxy groups -OCH3 is 1. The zero-order valence-corrected chi connectivity index (χ0v) is 9.38. The lowest BCUT2D eigenvalue weighted by Gasteiger charge is -2.02. The lowest BCUT2D eigenvalue weighted by molar-refractivity contribution is -0.672. The maximum absolute atomic E-state index is 11.0. The Labute approximate surface area is 94.0 Å². The number of rotatable bonds is 4. The topological polar surface area (TPSA) is 62.8 Å². The Balaban J connectivity index is 2.86. The van der Waals surface area contributed by atoms with Crippen LogP contribution >= 0.6 is 0 Å². The maximum Gasteiger partial charge on any atom is 0.305 e. The van der Waals surface area contributed by atoms with Gasteiger partial charge in [-0.25, -0.2) is 0 Å². The summed E-state index contributed by atoms with van der Waals surface area (Å²) in [5.74, 6) is -0.251. The van der Waals surface area contributed by atoms with Crippen LogP contribution in [0.15, 0.2) is 23.5 Å². The zero-order valence-electron chi connectivity index (χ0n) is 9.38. The molecule has 0 unspecified atom stereocenters. The highest BCUT2D eigenvalue weighted by Gasteiger charge is 2.12. The smallest absolute Gasteiger partial charge is 0.305 e. The van der Waals surface area contributed by atoms with Gasteiger partial charge in [-0.1, -0.05) is 5.16 Å². The van der Waals surface area contributed by atoms with Crippen molar-refractivity contribution in [1.82, 2.24) is 0 Å². The van der Waals surface area contributed by atoms with E-state index >= 15 is 0 Å². The Morgan fingerprint density at radius 1 is 1.69 bits per heavy atom. The third-order valence-corrected chi connectivity index (χ3v) is 2.32. The molecule has 16 heavy (non-hydrogen) atoms. The number of aromatic nitrogens is 1. The number of carbonyl (C=O) groups excluding carboxylic acids is 1. The summed E-state index contributed by atoms with van der Waals surface area (Å²) in [4.78, 5) is 11.0. The molecule has 1 heterocycles. The molecular formula is C11H15N2O3+. The van der Waals surface area contributed by atoms with Gasteiger partial charge in [0.1, 0.15) is 13.3 Å². The van der Waals surface area contributed by atoms with Gasteiger partial charge in [0.05, 0.1) is 7.11 Å². The Morgan fingerprint density at radius 2 is 2.44 bits per heavy atom. The predicted octanol–water partition coefficient (Wildman–Crippen LogP) is 0.425. The minimum atomic E-state index is -0.251. The molecule has 0 aromatic carbocycles. The average molecular weight is 223 g/mol. The summed E-state index contributed by atoms with van der Waals surface area (Å²) < 4.78 is 6.40. The third-order valence-electron chi connectivity index (χ3n) is 2.32. The molecule has 86 valence electrons. The molecule has 0 atom stereocenters. The first-order valence-corrected chi connectivity index (χ1v) is 4.90. The first kappa shape index (κ1) is 12.2. The van der Waals surface area contributed by atoms with Gasteiger partial charge in [-0.3, -0.25) is 4.79 Å². The van der Waals surface area contributed by atoms with Crippen LogP contribution in [0.25, 0.3) is 0 Å². The van der Waals surface area contributed by atoms with E-state index < -0.39 is 0 Å². The van der Waals surface area contributed by atoms with Crippen LogP contribution in [0.5, 0.6) is 0 Å². The fraction of sp³-hybridized carbons (Fsp3) is 0.364. The molecule has 1 rings (SSSR count). The summed E-state index contributed by atoms with van der Waals surface area (Å²) >= 11 is 0. The van der Waals surface area contributed by atoms with Crippen molar-refractivity contribution in [2.75, 3.05) is 7.11 Å². The van der Waals surface area contributed by atoms with Gasteiger partial charge in [-0.15, -0.1) is 0 Å². The number of nitrogens with zero attached hydrogens (tertiary/aromatic N) is 2. The normalized spacial score (nSPS) is 10.6. The molecule has 5 heteroatoms. The number of esters is 1. The molecule has 1 N–H and O–H groups in total. The van der Waals surface area contributed by atoms with Crippen LogP contribution < -0.4 is 4.57 Å². The van der Waals surface area contributed by atoms with Crippen LogP contribution in [0.3, 0.4) is 0 Å². The van der Waals surface area contributed by atoms with Crippen LogP contribution in [-0.4, -0.2) is 24.5 Å². The number of carbonyl (C=O) groups is 1. The quantitative estimate of drug-likeness (QED) is 0.264. The Hall–Kier alpha value is -1.91.